The molecule has 1 heterocycles. The number of benzene rings is 2. The number of alkyl halides is 3. The molecule has 0 radical (unpaired) electrons. The van der Waals surface area contributed by atoms with Crippen LogP contribution in [0.25, 0.3) is 17.3 Å². The van der Waals surface area contributed by atoms with E-state index in [0.29, 0.717) is 17.3 Å². The van der Waals surface area contributed by atoms with Gasteiger partial charge in [0.15, 0.2) is 0 Å². The highest BCUT2D eigenvalue weighted by Crippen LogP contribution is 2.27. The normalized spacial score (nSPS) is 11.1. The zero-order valence-corrected chi connectivity index (χ0v) is 17.8. The van der Waals surface area contributed by atoms with Crippen LogP contribution in [0.15, 0.2) is 54.6 Å². The first-order valence-electron chi connectivity index (χ1n) is 9.18. The van der Waals surface area contributed by atoms with Gasteiger partial charge < -0.3 is 19.9 Å². The first-order valence-corrected chi connectivity index (χ1v) is 9.56. The van der Waals surface area contributed by atoms with Crippen molar-refractivity contribution in [1.29, 1.82) is 0 Å². The maximum atomic E-state index is 10.6. The summed E-state index contributed by atoms with van der Waals surface area (Å²) in [5.41, 5.74) is 3.48. The molecule has 3 N–H and O–H groups in total. The molecular weight excluding hydrogens is 465 g/mol. The SMILES string of the molecule is COc1ccc(-c2nc(Cc3ccc(/C=C/C(=O)O)cc3)[nH]c2Cl)cc1.O=C(O)C(F)(F)F. The van der Waals surface area contributed by atoms with Gasteiger partial charge in [-0.25, -0.2) is 14.6 Å². The Morgan fingerprint density at radius 1 is 1.09 bits per heavy atom. The van der Waals surface area contributed by atoms with Crippen molar-refractivity contribution in [2.75, 3.05) is 7.11 Å². The summed E-state index contributed by atoms with van der Waals surface area (Å²) >= 11 is 6.30. The van der Waals surface area contributed by atoms with Crippen LogP contribution in [0.2, 0.25) is 5.15 Å². The average Bonchev–Trinajstić information content (AvgIpc) is 3.13. The second-order valence-corrected chi connectivity index (χ2v) is 6.85. The topological polar surface area (TPSA) is 113 Å². The fourth-order valence-corrected chi connectivity index (χ4v) is 2.79. The number of nitrogens with one attached hydrogen (secondary N) is 1. The van der Waals surface area contributed by atoms with Crippen molar-refractivity contribution in [1.82, 2.24) is 9.97 Å². The number of aromatic nitrogens is 2. The van der Waals surface area contributed by atoms with Gasteiger partial charge in [-0.05, 0) is 41.5 Å². The van der Waals surface area contributed by atoms with Crippen LogP contribution in [0.3, 0.4) is 0 Å². The monoisotopic (exact) mass is 482 g/mol. The number of aromatic amines is 1. The fraction of sp³-hybridized carbons (Fsp3) is 0.136. The number of hydrogen-bond acceptors (Lipinski definition) is 4. The zero-order chi connectivity index (χ0) is 24.6. The van der Waals surface area contributed by atoms with Crippen molar-refractivity contribution >= 4 is 29.6 Å². The van der Waals surface area contributed by atoms with Gasteiger partial charge in [0.05, 0.1) is 7.11 Å². The molecule has 0 saturated carbocycles. The highest BCUT2D eigenvalue weighted by Gasteiger charge is 2.38. The zero-order valence-electron chi connectivity index (χ0n) is 17.1. The summed E-state index contributed by atoms with van der Waals surface area (Å²) in [5, 5.41) is 16.3. The van der Waals surface area contributed by atoms with Crippen LogP contribution >= 0.6 is 11.6 Å². The summed E-state index contributed by atoms with van der Waals surface area (Å²) in [4.78, 5) is 27.1. The second kappa shape index (κ2) is 11.2. The largest absolute Gasteiger partial charge is 0.497 e. The molecule has 0 unspecified atom stereocenters. The number of methoxy groups -OCH3 is 1. The Hall–Kier alpha value is -3.79. The number of carbonyl (C=O) groups is 2. The molecule has 3 aromatic rings. The molecule has 7 nitrogen and oxygen atoms in total. The average molecular weight is 483 g/mol. The quantitative estimate of drug-likeness (QED) is 0.423. The van der Waals surface area contributed by atoms with E-state index in [0.717, 1.165) is 34.3 Å². The molecule has 2 aromatic carbocycles. The van der Waals surface area contributed by atoms with E-state index in [2.05, 4.69) is 9.97 Å². The molecule has 0 aliphatic carbocycles. The van der Waals surface area contributed by atoms with E-state index in [1.54, 1.807) is 13.2 Å². The molecule has 33 heavy (non-hydrogen) atoms. The lowest BCUT2D eigenvalue weighted by molar-refractivity contribution is -0.192. The molecule has 0 saturated heterocycles. The molecule has 3 rings (SSSR count). The van der Waals surface area contributed by atoms with Gasteiger partial charge in [-0.1, -0.05) is 35.9 Å². The van der Waals surface area contributed by atoms with E-state index >= 15 is 0 Å². The van der Waals surface area contributed by atoms with Crippen molar-refractivity contribution in [2.24, 2.45) is 0 Å². The van der Waals surface area contributed by atoms with Crippen molar-refractivity contribution in [3.8, 4) is 17.0 Å². The van der Waals surface area contributed by atoms with Gasteiger partial charge in [-0.2, -0.15) is 13.2 Å². The maximum absolute atomic E-state index is 10.6. The fourth-order valence-electron chi connectivity index (χ4n) is 2.53. The standard InChI is InChI=1S/C20H17ClN2O3.C2HF3O2/c1-26-16-9-7-15(8-10-16)19-20(21)23-17(22-19)12-14-4-2-13(3-5-14)6-11-18(24)25;3-2(4,5)1(6)7/h2-11H,12H2,1H3,(H,22,23)(H,24,25);(H,6,7)/b11-6+;. The molecule has 0 atom stereocenters. The van der Waals surface area contributed by atoms with Crippen LogP contribution in [0.1, 0.15) is 17.0 Å². The Kier molecular flexibility index (Phi) is 8.63. The van der Waals surface area contributed by atoms with Crippen LogP contribution in [-0.2, 0) is 16.0 Å². The molecule has 1 aromatic heterocycles. The van der Waals surface area contributed by atoms with Crippen LogP contribution in [0, 0.1) is 0 Å². The first-order chi connectivity index (χ1) is 15.5. The summed E-state index contributed by atoms with van der Waals surface area (Å²) in [7, 11) is 1.62. The minimum absolute atomic E-state index is 0.492. The van der Waals surface area contributed by atoms with Gasteiger partial charge in [0.25, 0.3) is 0 Å². The lowest BCUT2D eigenvalue weighted by Gasteiger charge is -2.01. The number of rotatable bonds is 6. The van der Waals surface area contributed by atoms with E-state index in [-0.39, 0.29) is 0 Å². The lowest BCUT2D eigenvalue weighted by atomic mass is 10.1. The van der Waals surface area contributed by atoms with Crippen LogP contribution < -0.4 is 4.74 Å². The number of imidazole rings is 1. The molecular formula is C22H18ClF3N2O5. The third-order valence-electron chi connectivity index (χ3n) is 4.08. The summed E-state index contributed by atoms with van der Waals surface area (Å²) < 4.78 is 36.9. The van der Waals surface area contributed by atoms with Gasteiger partial charge >= 0.3 is 18.1 Å². The van der Waals surface area contributed by atoms with Crippen LogP contribution in [0.4, 0.5) is 13.2 Å². The van der Waals surface area contributed by atoms with E-state index in [1.807, 2.05) is 48.5 Å². The van der Waals surface area contributed by atoms with Crippen LogP contribution in [0.5, 0.6) is 5.75 Å². The second-order valence-electron chi connectivity index (χ2n) is 6.47. The third kappa shape index (κ3) is 8.00. The summed E-state index contributed by atoms with van der Waals surface area (Å²) in [6, 6.07) is 15.2. The molecule has 0 fully saturated rings. The number of carboxylic acid groups (broad SMARTS) is 2. The van der Waals surface area contributed by atoms with Crippen molar-refractivity contribution in [2.45, 2.75) is 12.6 Å². The number of nitrogens with zero attached hydrogens (tertiary/aromatic N) is 1. The van der Waals surface area contributed by atoms with Crippen LogP contribution in [-0.4, -0.2) is 45.4 Å². The predicted octanol–water partition coefficient (Wildman–Crippen LogP) is 5.06. The first kappa shape index (κ1) is 25.5. The van der Waals surface area contributed by atoms with Crippen molar-refractivity contribution in [3.63, 3.8) is 0 Å². The third-order valence-corrected chi connectivity index (χ3v) is 4.36. The minimum atomic E-state index is -5.08. The maximum Gasteiger partial charge on any atom is 0.490 e. The van der Waals surface area contributed by atoms with E-state index < -0.39 is 18.1 Å². The van der Waals surface area contributed by atoms with E-state index in [1.165, 1.54) is 0 Å². The summed E-state index contributed by atoms with van der Waals surface area (Å²) in [6.07, 6.45) is -1.82. The van der Waals surface area contributed by atoms with Crippen molar-refractivity contribution in [3.05, 3.63) is 76.7 Å². The number of ether oxygens (including phenoxy) is 1. The van der Waals surface area contributed by atoms with E-state index in [9.17, 15) is 18.0 Å². The van der Waals surface area contributed by atoms with Gasteiger partial charge in [0.1, 0.15) is 22.4 Å². The Labute approximate surface area is 191 Å². The Balaban J connectivity index is 0.000000479. The molecule has 0 bridgehead atoms. The van der Waals surface area contributed by atoms with Gasteiger partial charge in [0, 0.05) is 18.1 Å². The number of aliphatic carboxylic acids is 2. The molecule has 174 valence electrons. The lowest BCUT2D eigenvalue weighted by Crippen LogP contribution is -2.21. The summed E-state index contributed by atoms with van der Waals surface area (Å²) in [6.45, 7) is 0. The molecule has 0 aliphatic rings. The Morgan fingerprint density at radius 2 is 1.67 bits per heavy atom. The summed E-state index contributed by atoms with van der Waals surface area (Å²) in [5.74, 6) is -2.19. The highest BCUT2D eigenvalue weighted by molar-refractivity contribution is 6.31. The number of carboxylic acids is 2. The number of H-pyrrole nitrogens is 1. The number of hydrogen-bond donors (Lipinski definition) is 3. The Bertz CT molecular complexity index is 1120. The highest BCUT2D eigenvalue weighted by atomic mass is 35.5. The predicted molar refractivity (Wildman–Crippen MR) is 115 cm³/mol. The molecule has 0 spiro atoms. The Morgan fingerprint density at radius 3 is 2.15 bits per heavy atom. The van der Waals surface area contributed by atoms with E-state index in [4.69, 9.17) is 31.3 Å². The van der Waals surface area contributed by atoms with Gasteiger partial charge in [0.2, 0.25) is 0 Å². The number of halogens is 4. The van der Waals surface area contributed by atoms with Gasteiger partial charge in [-0.3, -0.25) is 0 Å². The molecule has 0 amide bonds. The smallest absolute Gasteiger partial charge is 0.490 e. The molecule has 0 aliphatic heterocycles. The van der Waals surface area contributed by atoms with Gasteiger partial charge in [-0.15, -0.1) is 0 Å². The van der Waals surface area contributed by atoms with Crippen molar-refractivity contribution < 1.29 is 37.7 Å². The minimum Gasteiger partial charge on any atom is -0.497 e. The molecule has 11 heteroatoms.